The second-order valence-electron chi connectivity index (χ2n) is 11.9. The first-order chi connectivity index (χ1) is 19.4. The Morgan fingerprint density at radius 3 is 1.82 bits per heavy atom. The van der Waals surface area contributed by atoms with Crippen molar-refractivity contribution < 1.29 is 19.5 Å². The van der Waals surface area contributed by atoms with E-state index in [1.807, 2.05) is 43.3 Å². The Bertz CT molecular complexity index is 1820. The summed E-state index contributed by atoms with van der Waals surface area (Å²) in [5.41, 5.74) is 2.37. The van der Waals surface area contributed by atoms with Gasteiger partial charge in [-0.15, -0.1) is 0 Å². The fraction of sp³-hybridized carbons (Fsp3) is 0.343. The van der Waals surface area contributed by atoms with Gasteiger partial charge >= 0.3 is 5.97 Å². The topological polar surface area (TPSA) is 83.5 Å². The number of aryl methyl sites for hydroxylation is 1. The van der Waals surface area contributed by atoms with Crippen LogP contribution in [0.15, 0.2) is 48.5 Å². The Morgan fingerprint density at radius 1 is 0.675 bits per heavy atom. The fourth-order valence-corrected chi connectivity index (χ4v) is 7.58. The number of rotatable bonds is 6. The first-order valence-corrected chi connectivity index (χ1v) is 14.7. The van der Waals surface area contributed by atoms with E-state index in [2.05, 4.69) is 11.4 Å². The molecule has 1 amide bonds. The van der Waals surface area contributed by atoms with Crippen molar-refractivity contribution in [2.75, 3.05) is 0 Å². The SMILES string of the molecule is Cc1ccc2c3ccc(C(=O)CC4CCCC4)c4c(C(=O)O)ccc(c5ccc(C(=O)NC6CCCC6)c1c52)c43. The van der Waals surface area contributed by atoms with Crippen LogP contribution in [-0.4, -0.2) is 28.8 Å². The van der Waals surface area contributed by atoms with E-state index in [0.29, 0.717) is 28.9 Å². The van der Waals surface area contributed by atoms with Gasteiger partial charge in [0.2, 0.25) is 0 Å². The van der Waals surface area contributed by atoms with Crippen LogP contribution in [-0.2, 0) is 0 Å². The Labute approximate surface area is 232 Å². The first kappa shape index (κ1) is 25.0. The number of fused-ring (bicyclic) bond motifs is 2. The molecule has 0 atom stereocenters. The molecule has 40 heavy (non-hydrogen) atoms. The minimum Gasteiger partial charge on any atom is -0.478 e. The number of Topliss-reactive ketones (excluding diaryl/α,β-unsaturated/α-hetero) is 1. The molecule has 0 heterocycles. The summed E-state index contributed by atoms with van der Waals surface area (Å²) < 4.78 is 0. The molecule has 2 aliphatic carbocycles. The number of carbonyl (C=O) groups is 3. The molecule has 2 aliphatic rings. The predicted octanol–water partition coefficient (Wildman–Crippen LogP) is 8.18. The normalized spacial score (nSPS) is 16.6. The van der Waals surface area contributed by atoms with Gasteiger partial charge in [-0.2, -0.15) is 0 Å². The lowest BCUT2D eigenvalue weighted by atomic mass is 9.83. The molecule has 0 bridgehead atoms. The summed E-state index contributed by atoms with van der Waals surface area (Å²) in [4.78, 5) is 39.6. The number of aromatic carboxylic acids is 1. The summed E-state index contributed by atoms with van der Waals surface area (Å²) in [7, 11) is 0. The van der Waals surface area contributed by atoms with Crippen LogP contribution in [0.25, 0.3) is 43.1 Å². The average molecular weight is 532 g/mol. The minimum atomic E-state index is -1.03. The lowest BCUT2D eigenvalue weighted by Gasteiger charge is -2.20. The third-order valence-electron chi connectivity index (χ3n) is 9.52. The smallest absolute Gasteiger partial charge is 0.336 e. The molecule has 0 saturated heterocycles. The number of carboxylic acid groups (broad SMARTS) is 1. The quantitative estimate of drug-likeness (QED) is 0.131. The molecule has 2 fully saturated rings. The molecule has 0 aromatic heterocycles. The summed E-state index contributed by atoms with van der Waals surface area (Å²) in [6.07, 6.45) is 9.24. The molecule has 2 saturated carbocycles. The number of amides is 1. The maximum Gasteiger partial charge on any atom is 0.336 e. The monoisotopic (exact) mass is 531 g/mol. The molecule has 202 valence electrons. The lowest BCUT2D eigenvalue weighted by Crippen LogP contribution is -2.32. The van der Waals surface area contributed by atoms with E-state index in [1.165, 1.54) is 0 Å². The fourth-order valence-electron chi connectivity index (χ4n) is 7.58. The van der Waals surface area contributed by atoms with E-state index in [1.54, 1.807) is 6.07 Å². The van der Waals surface area contributed by atoms with Gasteiger partial charge in [0.1, 0.15) is 0 Å². The van der Waals surface area contributed by atoms with E-state index in [4.69, 9.17) is 0 Å². The molecular weight excluding hydrogens is 498 g/mol. The van der Waals surface area contributed by atoms with E-state index >= 15 is 0 Å². The molecule has 5 nitrogen and oxygen atoms in total. The summed E-state index contributed by atoms with van der Waals surface area (Å²) in [5.74, 6) is -0.671. The van der Waals surface area contributed by atoms with Crippen LogP contribution in [0, 0.1) is 12.8 Å². The van der Waals surface area contributed by atoms with Crippen molar-refractivity contribution in [3.8, 4) is 0 Å². The number of carbonyl (C=O) groups excluding carboxylic acids is 2. The van der Waals surface area contributed by atoms with Crippen LogP contribution < -0.4 is 5.32 Å². The molecule has 0 spiro atoms. The van der Waals surface area contributed by atoms with Crippen molar-refractivity contribution >= 4 is 60.7 Å². The molecule has 7 rings (SSSR count). The van der Waals surface area contributed by atoms with Gasteiger partial charge in [-0.25, -0.2) is 4.79 Å². The van der Waals surface area contributed by atoms with Crippen LogP contribution in [0.5, 0.6) is 0 Å². The highest BCUT2D eigenvalue weighted by atomic mass is 16.4. The van der Waals surface area contributed by atoms with E-state index < -0.39 is 5.97 Å². The summed E-state index contributed by atoms with van der Waals surface area (Å²) in [6.45, 7) is 2.04. The van der Waals surface area contributed by atoms with Gasteiger partial charge in [-0.3, -0.25) is 9.59 Å². The Morgan fingerprint density at radius 2 is 1.20 bits per heavy atom. The first-order valence-electron chi connectivity index (χ1n) is 14.7. The van der Waals surface area contributed by atoms with Gasteiger partial charge in [0.15, 0.2) is 5.78 Å². The zero-order valence-corrected chi connectivity index (χ0v) is 22.8. The summed E-state index contributed by atoms with van der Waals surface area (Å²) in [6, 6.07) is 15.6. The highest BCUT2D eigenvalue weighted by Crippen LogP contribution is 2.44. The van der Waals surface area contributed by atoms with Crippen LogP contribution in [0.2, 0.25) is 0 Å². The van der Waals surface area contributed by atoms with Gasteiger partial charge in [-0.1, -0.05) is 74.9 Å². The van der Waals surface area contributed by atoms with Gasteiger partial charge < -0.3 is 10.4 Å². The van der Waals surface area contributed by atoms with Crippen molar-refractivity contribution in [3.05, 3.63) is 70.8 Å². The molecule has 5 aromatic carbocycles. The molecule has 0 radical (unpaired) electrons. The average Bonchev–Trinajstić information content (AvgIpc) is 3.66. The third-order valence-corrected chi connectivity index (χ3v) is 9.52. The Hall–Kier alpha value is -3.99. The van der Waals surface area contributed by atoms with Crippen molar-refractivity contribution in [2.24, 2.45) is 5.92 Å². The standard InChI is InChI=1S/C35H33NO4/c1-19-10-11-22-24-12-15-26(29(37)18-20-6-2-3-7-20)33-28(35(39)40)17-14-25(32(24)33)23-13-16-27(30(19)31(22)23)34(38)36-21-8-4-5-9-21/h10-17,20-21H,2-9,18H2,1H3,(H,36,38)(H,39,40). The zero-order valence-electron chi connectivity index (χ0n) is 22.8. The lowest BCUT2D eigenvalue weighted by molar-refractivity contribution is 0.0698. The van der Waals surface area contributed by atoms with E-state index in [9.17, 15) is 19.5 Å². The van der Waals surface area contributed by atoms with Gasteiger partial charge in [-0.05, 0) is 81.1 Å². The van der Waals surface area contributed by atoms with Crippen molar-refractivity contribution in [3.63, 3.8) is 0 Å². The Kier molecular flexibility index (Phi) is 5.99. The number of hydrogen-bond acceptors (Lipinski definition) is 3. The second-order valence-corrected chi connectivity index (χ2v) is 11.9. The summed E-state index contributed by atoms with van der Waals surface area (Å²) >= 11 is 0. The molecule has 5 heteroatoms. The number of benzene rings is 5. The number of nitrogens with one attached hydrogen (secondary N) is 1. The molecule has 5 aromatic rings. The maximum absolute atomic E-state index is 13.6. The van der Waals surface area contributed by atoms with Crippen LogP contribution >= 0.6 is 0 Å². The highest BCUT2D eigenvalue weighted by Gasteiger charge is 2.26. The largest absolute Gasteiger partial charge is 0.478 e. The number of hydrogen-bond donors (Lipinski definition) is 2. The number of carboxylic acids is 1. The summed E-state index contributed by atoms with van der Waals surface area (Å²) in [5, 5.41) is 20.5. The van der Waals surface area contributed by atoms with Crippen LogP contribution in [0.1, 0.15) is 94.4 Å². The van der Waals surface area contributed by atoms with Crippen molar-refractivity contribution in [2.45, 2.75) is 70.8 Å². The molecular formula is C35H33NO4. The van der Waals surface area contributed by atoms with E-state index in [-0.39, 0.29) is 23.3 Å². The number of ketones is 1. The van der Waals surface area contributed by atoms with Crippen molar-refractivity contribution in [1.29, 1.82) is 0 Å². The van der Waals surface area contributed by atoms with Gasteiger partial charge in [0, 0.05) is 29.0 Å². The van der Waals surface area contributed by atoms with Gasteiger partial charge in [0.05, 0.1) is 5.56 Å². The van der Waals surface area contributed by atoms with Crippen molar-refractivity contribution in [1.82, 2.24) is 5.32 Å². The molecule has 2 N–H and O–H groups in total. The molecule has 0 unspecified atom stereocenters. The maximum atomic E-state index is 13.6. The minimum absolute atomic E-state index is 0.0249. The molecule has 0 aliphatic heterocycles. The highest BCUT2D eigenvalue weighted by molar-refractivity contribution is 6.37. The second kappa shape index (κ2) is 9.58. The van der Waals surface area contributed by atoms with Crippen LogP contribution in [0.4, 0.5) is 0 Å². The van der Waals surface area contributed by atoms with Gasteiger partial charge in [0.25, 0.3) is 5.91 Å². The predicted molar refractivity (Wildman–Crippen MR) is 160 cm³/mol. The zero-order chi connectivity index (χ0) is 27.5. The Balaban J connectivity index is 1.50. The third kappa shape index (κ3) is 3.86. The van der Waals surface area contributed by atoms with Crippen LogP contribution in [0.3, 0.4) is 0 Å². The van der Waals surface area contributed by atoms with E-state index in [0.717, 1.165) is 94.6 Å².